The van der Waals surface area contributed by atoms with E-state index in [9.17, 15) is 32.7 Å². The van der Waals surface area contributed by atoms with Crippen LogP contribution in [0.2, 0.25) is 0 Å². The molecule has 1 atom stereocenters. The summed E-state index contributed by atoms with van der Waals surface area (Å²) in [5, 5.41) is 15.0. The highest BCUT2D eigenvalue weighted by atomic mass is 19.4. The first-order valence-electron chi connectivity index (χ1n) is 12.4. The van der Waals surface area contributed by atoms with Crippen molar-refractivity contribution in [2.24, 2.45) is 7.05 Å². The van der Waals surface area contributed by atoms with Gasteiger partial charge in [0, 0.05) is 24.1 Å². The number of para-hydroxylation sites is 1. The summed E-state index contributed by atoms with van der Waals surface area (Å²) in [6.07, 6.45) is -2.03. The zero-order chi connectivity index (χ0) is 29.6. The quantitative estimate of drug-likeness (QED) is 0.241. The Morgan fingerprint density at radius 1 is 1.00 bits per heavy atom. The van der Waals surface area contributed by atoms with Gasteiger partial charge < -0.3 is 25.0 Å². The number of carboxylic acids is 1. The Bertz CT molecular complexity index is 1600. The molecule has 0 aliphatic heterocycles. The van der Waals surface area contributed by atoms with Gasteiger partial charge in [-0.3, -0.25) is 9.59 Å². The number of amides is 2. The van der Waals surface area contributed by atoms with Crippen molar-refractivity contribution in [2.75, 3.05) is 6.61 Å². The van der Waals surface area contributed by atoms with E-state index in [0.29, 0.717) is 5.39 Å². The number of benzene rings is 3. The average molecular weight is 566 g/mol. The maximum Gasteiger partial charge on any atom is 0.416 e. The second-order valence-corrected chi connectivity index (χ2v) is 9.17. The molecule has 0 bridgehead atoms. The number of hydrogen-bond donors (Lipinski definition) is 3. The van der Waals surface area contributed by atoms with Gasteiger partial charge in [-0.15, -0.1) is 0 Å². The third kappa shape index (κ3) is 7.40. The minimum Gasteiger partial charge on any atom is -0.480 e. The fourth-order valence-electron chi connectivity index (χ4n) is 4.12. The number of carbonyl (C=O) groups excluding carboxylic acids is 2. The number of carbonyl (C=O) groups is 3. The van der Waals surface area contributed by atoms with Crippen LogP contribution in [0.15, 0.2) is 90.8 Å². The highest BCUT2D eigenvalue weighted by Gasteiger charge is 2.30. The van der Waals surface area contributed by atoms with Crippen molar-refractivity contribution in [2.45, 2.75) is 18.8 Å². The zero-order valence-corrected chi connectivity index (χ0v) is 21.8. The Morgan fingerprint density at radius 2 is 1.71 bits per heavy atom. The van der Waals surface area contributed by atoms with Crippen LogP contribution in [0, 0.1) is 0 Å². The summed E-state index contributed by atoms with van der Waals surface area (Å²) in [7, 11) is 1.73. The van der Waals surface area contributed by atoms with Crippen LogP contribution < -0.4 is 10.6 Å². The van der Waals surface area contributed by atoms with E-state index < -0.39 is 47.9 Å². The monoisotopic (exact) mass is 565 g/mol. The molecule has 1 aromatic heterocycles. The molecule has 0 radical (unpaired) electrons. The summed E-state index contributed by atoms with van der Waals surface area (Å²) < 4.78 is 47.1. The summed E-state index contributed by atoms with van der Waals surface area (Å²) >= 11 is 0. The molecule has 0 unspecified atom stereocenters. The summed E-state index contributed by atoms with van der Waals surface area (Å²) in [6, 6.07) is 18.7. The van der Waals surface area contributed by atoms with Crippen LogP contribution in [0.25, 0.3) is 17.0 Å². The number of hydrogen-bond acceptors (Lipinski definition) is 4. The highest BCUT2D eigenvalue weighted by molar-refractivity contribution is 6.11. The minimum atomic E-state index is -4.64. The smallest absolute Gasteiger partial charge is 0.416 e. The van der Waals surface area contributed by atoms with Crippen LogP contribution >= 0.6 is 0 Å². The normalized spacial score (nSPS) is 12.6. The second-order valence-electron chi connectivity index (χ2n) is 9.17. The number of aryl methyl sites for hydroxylation is 1. The van der Waals surface area contributed by atoms with Gasteiger partial charge in [0.1, 0.15) is 5.70 Å². The molecule has 8 nitrogen and oxygen atoms in total. The van der Waals surface area contributed by atoms with Crippen LogP contribution in [0.1, 0.15) is 27.0 Å². The van der Waals surface area contributed by atoms with Crippen LogP contribution in [-0.2, 0) is 34.2 Å². The standard InChI is InChI=1S/C30H26F3N3O5/c1-36-16-23(22-12-5-6-13-26(22)36)27(37)34-24(15-20-10-7-11-21(14-20)30(31,32)33)28(38)35-25(29(39)40)18-41-17-19-8-3-2-4-9-19/h2-16,25H,17-18H2,1H3,(H,34,37)(H,35,38)(H,39,40)/t25-/m1/s1. The Hall–Kier alpha value is -4.90. The lowest BCUT2D eigenvalue weighted by molar-refractivity contribution is -0.143. The van der Waals surface area contributed by atoms with Crippen molar-refractivity contribution < 1.29 is 37.4 Å². The molecule has 11 heteroatoms. The van der Waals surface area contributed by atoms with Crippen molar-refractivity contribution in [1.29, 1.82) is 0 Å². The van der Waals surface area contributed by atoms with E-state index in [0.717, 1.165) is 35.4 Å². The van der Waals surface area contributed by atoms with Gasteiger partial charge in [-0.25, -0.2) is 4.79 Å². The van der Waals surface area contributed by atoms with E-state index in [-0.39, 0.29) is 17.7 Å². The SMILES string of the molecule is Cn1cc(C(=O)NC(=Cc2cccc(C(F)(F)F)c2)C(=O)N[C@H](COCc2ccccc2)C(=O)O)c2ccccc21. The summed E-state index contributed by atoms with van der Waals surface area (Å²) in [4.78, 5) is 38.4. The highest BCUT2D eigenvalue weighted by Crippen LogP contribution is 2.30. The molecule has 0 saturated carbocycles. The third-order valence-corrected chi connectivity index (χ3v) is 6.16. The number of aromatic nitrogens is 1. The Labute approximate surface area is 233 Å². The van der Waals surface area contributed by atoms with Gasteiger partial charge in [0.05, 0.1) is 24.3 Å². The lowest BCUT2D eigenvalue weighted by atomic mass is 10.1. The number of rotatable bonds is 10. The number of carboxylic acid groups (broad SMARTS) is 1. The number of nitrogens with zero attached hydrogens (tertiary/aromatic N) is 1. The zero-order valence-electron chi connectivity index (χ0n) is 21.8. The predicted molar refractivity (Wildman–Crippen MR) is 145 cm³/mol. The molecule has 3 aromatic carbocycles. The lowest BCUT2D eigenvalue weighted by Gasteiger charge is -2.17. The molecule has 0 aliphatic rings. The maximum atomic E-state index is 13.3. The number of ether oxygens (including phenoxy) is 1. The molecule has 0 spiro atoms. The van der Waals surface area contributed by atoms with Crippen LogP contribution in [-0.4, -0.2) is 40.1 Å². The van der Waals surface area contributed by atoms with E-state index in [2.05, 4.69) is 10.6 Å². The minimum absolute atomic E-state index is 0.0320. The molecule has 4 rings (SSSR count). The molecule has 0 fully saturated rings. The van der Waals surface area contributed by atoms with Crippen LogP contribution in [0.4, 0.5) is 13.2 Å². The summed E-state index contributed by atoms with van der Waals surface area (Å²) in [5.74, 6) is -3.13. The maximum absolute atomic E-state index is 13.3. The topological polar surface area (TPSA) is 110 Å². The molecule has 0 aliphatic carbocycles. The van der Waals surface area contributed by atoms with Gasteiger partial charge in [0.25, 0.3) is 11.8 Å². The molecule has 4 aromatic rings. The van der Waals surface area contributed by atoms with Crippen molar-refractivity contribution in [1.82, 2.24) is 15.2 Å². The van der Waals surface area contributed by atoms with Crippen molar-refractivity contribution in [3.8, 4) is 0 Å². The van der Waals surface area contributed by atoms with E-state index in [4.69, 9.17) is 4.74 Å². The molecular weight excluding hydrogens is 539 g/mol. The van der Waals surface area contributed by atoms with Crippen LogP contribution in [0.3, 0.4) is 0 Å². The number of nitrogens with one attached hydrogen (secondary N) is 2. The average Bonchev–Trinajstić information content (AvgIpc) is 3.29. The van der Waals surface area contributed by atoms with E-state index >= 15 is 0 Å². The predicted octanol–water partition coefficient (Wildman–Crippen LogP) is 4.75. The molecule has 1 heterocycles. The summed E-state index contributed by atoms with van der Waals surface area (Å²) in [6.45, 7) is -0.310. The fraction of sp³-hybridized carbons (Fsp3) is 0.167. The second kappa shape index (κ2) is 12.5. The van der Waals surface area contributed by atoms with Crippen molar-refractivity contribution in [3.63, 3.8) is 0 Å². The largest absolute Gasteiger partial charge is 0.480 e. The van der Waals surface area contributed by atoms with Crippen LogP contribution in [0.5, 0.6) is 0 Å². The Balaban J connectivity index is 1.61. The first-order chi connectivity index (χ1) is 19.5. The molecule has 0 saturated heterocycles. The van der Waals surface area contributed by atoms with E-state index in [1.807, 2.05) is 6.07 Å². The van der Waals surface area contributed by atoms with E-state index in [1.165, 1.54) is 6.07 Å². The lowest BCUT2D eigenvalue weighted by Crippen LogP contribution is -2.46. The Morgan fingerprint density at radius 3 is 2.41 bits per heavy atom. The van der Waals surface area contributed by atoms with Gasteiger partial charge in [-0.1, -0.05) is 60.7 Å². The number of halogens is 3. The van der Waals surface area contributed by atoms with Gasteiger partial charge in [0.15, 0.2) is 6.04 Å². The van der Waals surface area contributed by atoms with Gasteiger partial charge in [0.2, 0.25) is 0 Å². The first-order valence-corrected chi connectivity index (χ1v) is 12.4. The molecular formula is C30H26F3N3O5. The van der Waals surface area contributed by atoms with Gasteiger partial charge in [-0.05, 0) is 35.4 Å². The fourth-order valence-corrected chi connectivity index (χ4v) is 4.12. The molecule has 41 heavy (non-hydrogen) atoms. The third-order valence-electron chi connectivity index (χ3n) is 6.16. The number of fused-ring (bicyclic) bond motifs is 1. The van der Waals surface area contributed by atoms with Crippen molar-refractivity contribution >= 4 is 34.8 Å². The molecule has 3 N–H and O–H groups in total. The number of aliphatic carboxylic acids is 1. The Kier molecular flexibility index (Phi) is 8.88. The van der Waals surface area contributed by atoms with E-state index in [1.54, 1.807) is 66.3 Å². The first kappa shape index (κ1) is 29.1. The molecule has 2 amide bonds. The molecule has 212 valence electrons. The van der Waals surface area contributed by atoms with Crippen molar-refractivity contribution in [3.05, 3.63) is 113 Å². The number of alkyl halides is 3. The summed E-state index contributed by atoms with van der Waals surface area (Å²) in [5.41, 5.74) is 0.311. The van der Waals surface area contributed by atoms with Gasteiger partial charge in [-0.2, -0.15) is 13.2 Å². The van der Waals surface area contributed by atoms with Gasteiger partial charge >= 0.3 is 12.1 Å².